The first kappa shape index (κ1) is 22.8. The molecular formula is C25H28N2O6. The van der Waals surface area contributed by atoms with Gasteiger partial charge in [0.15, 0.2) is 0 Å². The fourth-order valence-electron chi connectivity index (χ4n) is 4.69. The lowest BCUT2D eigenvalue weighted by molar-refractivity contribution is -0.176. The number of carbonyl (C=O) groups excluding carboxylic acids is 2. The summed E-state index contributed by atoms with van der Waals surface area (Å²) in [5, 5.41) is 10.0. The molecule has 0 spiro atoms. The first-order chi connectivity index (χ1) is 15.5. The van der Waals surface area contributed by atoms with Crippen molar-refractivity contribution in [2.75, 3.05) is 13.2 Å². The Labute approximate surface area is 192 Å². The molecule has 4 rings (SSSR count). The van der Waals surface area contributed by atoms with Crippen LogP contribution in [0.3, 0.4) is 0 Å². The lowest BCUT2D eigenvalue weighted by Crippen LogP contribution is -2.60. The topological polar surface area (TPSA) is 119 Å². The molecule has 174 valence electrons. The van der Waals surface area contributed by atoms with E-state index in [0.717, 1.165) is 27.2 Å². The van der Waals surface area contributed by atoms with Crippen LogP contribution in [0, 0.1) is 0 Å². The summed E-state index contributed by atoms with van der Waals surface area (Å²) in [6, 6.07) is 15.1. The molecule has 1 aliphatic carbocycles. The quantitative estimate of drug-likeness (QED) is 0.540. The Kier molecular flexibility index (Phi) is 5.66. The van der Waals surface area contributed by atoms with E-state index in [1.165, 1.54) is 0 Å². The number of amides is 1. The van der Waals surface area contributed by atoms with Crippen molar-refractivity contribution in [2.45, 2.75) is 50.3 Å². The molecule has 33 heavy (non-hydrogen) atoms. The van der Waals surface area contributed by atoms with Crippen molar-refractivity contribution in [3.8, 4) is 11.1 Å². The van der Waals surface area contributed by atoms with Gasteiger partial charge in [0.25, 0.3) is 0 Å². The van der Waals surface area contributed by atoms with E-state index in [4.69, 9.17) is 15.2 Å². The number of benzene rings is 2. The normalized spacial score (nSPS) is 21.9. The molecule has 1 saturated heterocycles. The van der Waals surface area contributed by atoms with Crippen LogP contribution < -0.4 is 5.73 Å². The Morgan fingerprint density at radius 3 is 2.12 bits per heavy atom. The standard InChI is InChI=1S/C25H28N2O6/c1-24(2,3)33-22(30)25(21(28)29)12-15(26)13-27(25)23(31)32-14-20-18-10-6-4-8-16(18)17-9-5-7-11-19(17)20/h4-11,15,20H,12-14,26H2,1-3H3,(H,28,29)/t15-,25-/m1/s1. The van der Waals surface area contributed by atoms with Gasteiger partial charge in [0.1, 0.15) is 12.2 Å². The summed E-state index contributed by atoms with van der Waals surface area (Å²) in [6.07, 6.45) is -1.15. The zero-order chi connectivity index (χ0) is 24.0. The van der Waals surface area contributed by atoms with E-state index in [1.54, 1.807) is 20.8 Å². The molecule has 1 amide bonds. The SMILES string of the molecule is CC(C)(C)OC(=O)[C@]1(C(=O)O)C[C@@H](N)CN1C(=O)OCC1c2ccccc2-c2ccccc21. The van der Waals surface area contributed by atoms with Crippen molar-refractivity contribution < 1.29 is 29.0 Å². The lowest BCUT2D eigenvalue weighted by atomic mass is 9.94. The third-order valence-electron chi connectivity index (χ3n) is 6.08. The molecule has 0 radical (unpaired) electrons. The van der Waals surface area contributed by atoms with Crippen LogP contribution in [0.2, 0.25) is 0 Å². The van der Waals surface area contributed by atoms with Crippen molar-refractivity contribution in [1.82, 2.24) is 4.90 Å². The highest BCUT2D eigenvalue weighted by atomic mass is 16.6. The minimum atomic E-state index is -2.23. The second-order valence-electron chi connectivity index (χ2n) is 9.55. The molecule has 1 fully saturated rings. The fourth-order valence-corrected chi connectivity index (χ4v) is 4.69. The van der Waals surface area contributed by atoms with Gasteiger partial charge in [-0.05, 0) is 43.0 Å². The van der Waals surface area contributed by atoms with Crippen LogP contribution in [0.1, 0.15) is 44.2 Å². The van der Waals surface area contributed by atoms with Gasteiger partial charge in [-0.15, -0.1) is 0 Å². The van der Waals surface area contributed by atoms with Gasteiger partial charge in [-0.2, -0.15) is 0 Å². The van der Waals surface area contributed by atoms with E-state index in [0.29, 0.717) is 0 Å². The van der Waals surface area contributed by atoms with E-state index in [2.05, 4.69) is 0 Å². The Morgan fingerprint density at radius 2 is 1.61 bits per heavy atom. The number of fused-ring (bicyclic) bond motifs is 3. The number of aliphatic carboxylic acids is 1. The first-order valence-corrected chi connectivity index (χ1v) is 10.9. The van der Waals surface area contributed by atoms with Crippen molar-refractivity contribution >= 4 is 18.0 Å². The number of ether oxygens (including phenoxy) is 2. The number of hydrogen-bond acceptors (Lipinski definition) is 6. The third kappa shape index (κ3) is 3.95. The highest BCUT2D eigenvalue weighted by Crippen LogP contribution is 2.44. The monoisotopic (exact) mass is 452 g/mol. The molecule has 2 atom stereocenters. The van der Waals surface area contributed by atoms with Gasteiger partial charge >= 0.3 is 18.0 Å². The van der Waals surface area contributed by atoms with Gasteiger partial charge in [0.2, 0.25) is 5.54 Å². The molecule has 3 N–H and O–H groups in total. The number of nitrogens with two attached hydrogens (primary N) is 1. The van der Waals surface area contributed by atoms with E-state index in [1.807, 2.05) is 48.5 Å². The Morgan fingerprint density at radius 1 is 1.06 bits per heavy atom. The van der Waals surface area contributed by atoms with Crippen molar-refractivity contribution in [3.05, 3.63) is 59.7 Å². The summed E-state index contributed by atoms with van der Waals surface area (Å²) in [4.78, 5) is 39.3. The zero-order valence-electron chi connectivity index (χ0n) is 18.9. The number of hydrogen-bond donors (Lipinski definition) is 2. The maximum absolute atomic E-state index is 13.1. The average molecular weight is 453 g/mol. The predicted octanol–water partition coefficient (Wildman–Crippen LogP) is 3.13. The summed E-state index contributed by atoms with van der Waals surface area (Å²) in [5.74, 6) is -2.71. The lowest BCUT2D eigenvalue weighted by Gasteiger charge is -2.34. The predicted molar refractivity (Wildman–Crippen MR) is 121 cm³/mol. The van der Waals surface area contributed by atoms with Crippen molar-refractivity contribution in [2.24, 2.45) is 5.73 Å². The van der Waals surface area contributed by atoms with Gasteiger partial charge in [-0.1, -0.05) is 48.5 Å². The number of rotatable bonds is 4. The van der Waals surface area contributed by atoms with Gasteiger partial charge < -0.3 is 20.3 Å². The Balaban J connectivity index is 1.59. The molecule has 0 unspecified atom stereocenters. The Bertz CT molecular complexity index is 1060. The maximum Gasteiger partial charge on any atom is 0.411 e. The highest BCUT2D eigenvalue weighted by molar-refractivity contribution is 6.07. The molecule has 0 aromatic heterocycles. The van der Waals surface area contributed by atoms with Crippen molar-refractivity contribution in [1.29, 1.82) is 0 Å². The maximum atomic E-state index is 13.1. The number of carboxylic acid groups (broad SMARTS) is 1. The minimum absolute atomic E-state index is 0.00259. The van der Waals surface area contributed by atoms with Gasteiger partial charge in [-0.25, -0.2) is 14.4 Å². The van der Waals surface area contributed by atoms with E-state index in [9.17, 15) is 19.5 Å². The molecule has 2 aromatic carbocycles. The number of esters is 1. The summed E-state index contributed by atoms with van der Waals surface area (Å²) < 4.78 is 11.0. The molecule has 1 heterocycles. The molecule has 8 heteroatoms. The van der Waals surface area contributed by atoms with Crippen molar-refractivity contribution in [3.63, 3.8) is 0 Å². The van der Waals surface area contributed by atoms with Gasteiger partial charge in [0, 0.05) is 24.9 Å². The van der Waals surface area contributed by atoms with Crippen LogP contribution in [0.15, 0.2) is 48.5 Å². The summed E-state index contributed by atoms with van der Waals surface area (Å²) >= 11 is 0. The van der Waals surface area contributed by atoms with E-state index >= 15 is 0 Å². The number of carboxylic acids is 1. The van der Waals surface area contributed by atoms with Crippen LogP contribution >= 0.6 is 0 Å². The first-order valence-electron chi connectivity index (χ1n) is 10.9. The summed E-state index contributed by atoms with van der Waals surface area (Å²) in [6.45, 7) is 4.78. The smallest absolute Gasteiger partial charge is 0.411 e. The molecule has 8 nitrogen and oxygen atoms in total. The minimum Gasteiger partial charge on any atom is -0.479 e. The molecule has 2 aromatic rings. The molecule has 1 aliphatic heterocycles. The number of carbonyl (C=O) groups is 3. The Hall–Kier alpha value is -3.39. The second kappa shape index (κ2) is 8.19. The molecule has 0 saturated carbocycles. The largest absolute Gasteiger partial charge is 0.479 e. The molecule has 2 aliphatic rings. The van der Waals surface area contributed by atoms with Gasteiger partial charge in [-0.3, -0.25) is 4.90 Å². The fraction of sp³-hybridized carbons (Fsp3) is 0.400. The third-order valence-corrected chi connectivity index (χ3v) is 6.08. The van der Waals surface area contributed by atoms with Gasteiger partial charge in [0.05, 0.1) is 0 Å². The van der Waals surface area contributed by atoms with Crippen LogP contribution in [-0.4, -0.2) is 58.4 Å². The average Bonchev–Trinajstić information content (AvgIpc) is 3.27. The summed E-state index contributed by atoms with van der Waals surface area (Å²) in [5.41, 5.74) is 7.05. The highest BCUT2D eigenvalue weighted by Gasteiger charge is 2.61. The molecule has 0 bridgehead atoms. The van der Waals surface area contributed by atoms with Crippen LogP contribution in [0.5, 0.6) is 0 Å². The van der Waals surface area contributed by atoms with Crippen LogP contribution in [0.25, 0.3) is 11.1 Å². The van der Waals surface area contributed by atoms with Crippen LogP contribution in [0.4, 0.5) is 4.79 Å². The van der Waals surface area contributed by atoms with E-state index in [-0.39, 0.29) is 25.5 Å². The molecular weight excluding hydrogens is 424 g/mol. The number of likely N-dealkylation sites (tertiary alicyclic amines) is 1. The number of nitrogens with zero attached hydrogens (tertiary/aromatic N) is 1. The summed E-state index contributed by atoms with van der Waals surface area (Å²) in [7, 11) is 0. The van der Waals surface area contributed by atoms with Crippen LogP contribution in [-0.2, 0) is 19.1 Å². The zero-order valence-corrected chi connectivity index (χ0v) is 18.9. The van der Waals surface area contributed by atoms with E-state index < -0.39 is 35.2 Å². The second-order valence-corrected chi connectivity index (χ2v) is 9.55.